The first kappa shape index (κ1) is 16.1. The first-order valence-electron chi connectivity index (χ1n) is 8.49. The molecule has 3 aromatic rings. The van der Waals surface area contributed by atoms with E-state index in [-0.39, 0.29) is 11.9 Å². The summed E-state index contributed by atoms with van der Waals surface area (Å²) in [4.78, 5) is 21.1. The number of anilines is 3. The van der Waals surface area contributed by atoms with Crippen molar-refractivity contribution in [3.05, 3.63) is 77.7 Å². The highest BCUT2D eigenvalue weighted by Gasteiger charge is 2.23. The summed E-state index contributed by atoms with van der Waals surface area (Å²) in [5.41, 5.74) is 10.1. The van der Waals surface area contributed by atoms with Crippen molar-refractivity contribution in [1.29, 1.82) is 0 Å². The zero-order chi connectivity index (χ0) is 17.9. The van der Waals surface area contributed by atoms with Crippen molar-refractivity contribution >= 4 is 23.1 Å². The van der Waals surface area contributed by atoms with Gasteiger partial charge in [-0.15, -0.1) is 0 Å². The number of nitrogens with two attached hydrogens (primary N) is 1. The molecule has 0 aliphatic heterocycles. The van der Waals surface area contributed by atoms with Crippen molar-refractivity contribution in [2.24, 2.45) is 0 Å². The van der Waals surface area contributed by atoms with Gasteiger partial charge in [-0.3, -0.25) is 9.78 Å². The molecule has 130 valence electrons. The SMILES string of the molecule is Nc1cc(Nc2cccnc2)nc(C(=O)NC2Cc3ccccc3C2)c1. The Balaban J connectivity index is 1.48. The number of amides is 1. The molecule has 0 unspecified atom stereocenters. The van der Waals surface area contributed by atoms with Crippen molar-refractivity contribution in [3.63, 3.8) is 0 Å². The summed E-state index contributed by atoms with van der Waals surface area (Å²) < 4.78 is 0. The number of hydrogen-bond donors (Lipinski definition) is 3. The van der Waals surface area contributed by atoms with Crippen molar-refractivity contribution in [3.8, 4) is 0 Å². The van der Waals surface area contributed by atoms with Crippen LogP contribution in [0.1, 0.15) is 21.6 Å². The number of nitrogen functional groups attached to an aromatic ring is 1. The molecule has 1 aromatic carbocycles. The Morgan fingerprint density at radius 2 is 1.85 bits per heavy atom. The maximum absolute atomic E-state index is 12.6. The van der Waals surface area contributed by atoms with Gasteiger partial charge in [0.05, 0.1) is 11.9 Å². The van der Waals surface area contributed by atoms with Gasteiger partial charge in [-0.2, -0.15) is 0 Å². The Bertz CT molecular complexity index is 917. The third kappa shape index (κ3) is 3.49. The molecule has 0 fully saturated rings. The molecule has 4 rings (SSSR count). The maximum atomic E-state index is 12.6. The number of rotatable bonds is 4. The molecule has 26 heavy (non-hydrogen) atoms. The molecule has 1 aliphatic carbocycles. The van der Waals surface area contributed by atoms with Gasteiger partial charge in [0.25, 0.3) is 5.91 Å². The normalized spacial score (nSPS) is 13.2. The molecule has 0 atom stereocenters. The molecule has 1 amide bonds. The summed E-state index contributed by atoms with van der Waals surface area (Å²) in [7, 11) is 0. The maximum Gasteiger partial charge on any atom is 0.270 e. The fourth-order valence-electron chi connectivity index (χ4n) is 3.24. The largest absolute Gasteiger partial charge is 0.399 e. The number of hydrogen-bond acceptors (Lipinski definition) is 5. The third-order valence-corrected chi connectivity index (χ3v) is 4.40. The summed E-state index contributed by atoms with van der Waals surface area (Å²) in [5, 5.41) is 6.18. The number of fused-ring (bicyclic) bond motifs is 1. The van der Waals surface area contributed by atoms with Crippen LogP contribution in [0.2, 0.25) is 0 Å². The standard InChI is InChI=1S/C20H19N5O/c21-15-10-18(25-19(11-15)23-16-6-3-7-22-12-16)20(26)24-17-8-13-4-1-2-5-14(13)9-17/h1-7,10-12,17H,8-9H2,(H,24,26)(H3,21,23,25). The average Bonchev–Trinajstić information content (AvgIpc) is 3.04. The molecule has 6 heteroatoms. The Morgan fingerprint density at radius 3 is 2.54 bits per heavy atom. The molecule has 1 aliphatic rings. The van der Waals surface area contributed by atoms with E-state index in [0.29, 0.717) is 17.2 Å². The summed E-state index contributed by atoms with van der Waals surface area (Å²) >= 11 is 0. The minimum absolute atomic E-state index is 0.0814. The van der Waals surface area contributed by atoms with Crippen LogP contribution in [0.5, 0.6) is 0 Å². The van der Waals surface area contributed by atoms with Gasteiger partial charge in [-0.1, -0.05) is 24.3 Å². The van der Waals surface area contributed by atoms with Crippen LogP contribution in [0.25, 0.3) is 0 Å². The molecule has 0 saturated heterocycles. The second kappa shape index (κ2) is 6.84. The number of nitrogens with one attached hydrogen (secondary N) is 2. The van der Waals surface area contributed by atoms with Crippen LogP contribution >= 0.6 is 0 Å². The van der Waals surface area contributed by atoms with E-state index < -0.39 is 0 Å². The van der Waals surface area contributed by atoms with Crippen molar-refractivity contribution in [1.82, 2.24) is 15.3 Å². The van der Waals surface area contributed by atoms with E-state index in [0.717, 1.165) is 18.5 Å². The number of carbonyl (C=O) groups is 1. The van der Waals surface area contributed by atoms with Crippen LogP contribution in [0.4, 0.5) is 17.2 Å². The summed E-state index contributed by atoms with van der Waals surface area (Å²) in [6.45, 7) is 0. The van der Waals surface area contributed by atoms with Crippen LogP contribution in [-0.2, 0) is 12.8 Å². The molecule has 2 aromatic heterocycles. The number of benzene rings is 1. The van der Waals surface area contributed by atoms with E-state index in [1.54, 1.807) is 24.5 Å². The number of aromatic nitrogens is 2. The number of carbonyl (C=O) groups excluding carboxylic acids is 1. The van der Waals surface area contributed by atoms with E-state index in [4.69, 9.17) is 5.73 Å². The van der Waals surface area contributed by atoms with E-state index in [1.165, 1.54) is 11.1 Å². The van der Waals surface area contributed by atoms with Crippen LogP contribution in [-0.4, -0.2) is 21.9 Å². The molecule has 2 heterocycles. The molecular formula is C20H19N5O. The van der Waals surface area contributed by atoms with E-state index in [2.05, 4.69) is 32.7 Å². The molecule has 0 saturated carbocycles. The number of nitrogens with zero attached hydrogens (tertiary/aromatic N) is 2. The van der Waals surface area contributed by atoms with Gasteiger partial charge in [0, 0.05) is 24.0 Å². The average molecular weight is 345 g/mol. The van der Waals surface area contributed by atoms with Gasteiger partial charge >= 0.3 is 0 Å². The summed E-state index contributed by atoms with van der Waals surface area (Å²) in [5.74, 6) is 0.294. The van der Waals surface area contributed by atoms with Crippen LogP contribution < -0.4 is 16.4 Å². The molecule has 0 spiro atoms. The Hall–Kier alpha value is -3.41. The Kier molecular flexibility index (Phi) is 4.23. The second-order valence-electron chi connectivity index (χ2n) is 6.39. The quantitative estimate of drug-likeness (QED) is 0.676. The lowest BCUT2D eigenvalue weighted by atomic mass is 10.1. The highest BCUT2D eigenvalue weighted by atomic mass is 16.1. The highest BCUT2D eigenvalue weighted by molar-refractivity contribution is 5.94. The molecule has 4 N–H and O–H groups in total. The predicted molar refractivity (Wildman–Crippen MR) is 101 cm³/mol. The minimum atomic E-state index is -0.218. The third-order valence-electron chi connectivity index (χ3n) is 4.40. The van der Waals surface area contributed by atoms with Gasteiger partial charge in [0.2, 0.25) is 0 Å². The number of pyridine rings is 2. The fraction of sp³-hybridized carbons (Fsp3) is 0.150. The van der Waals surface area contributed by atoms with Gasteiger partial charge in [-0.05, 0) is 42.2 Å². The molecular weight excluding hydrogens is 326 g/mol. The van der Waals surface area contributed by atoms with Crippen molar-refractivity contribution in [2.45, 2.75) is 18.9 Å². The monoisotopic (exact) mass is 345 g/mol. The van der Waals surface area contributed by atoms with Gasteiger partial charge < -0.3 is 16.4 Å². The zero-order valence-corrected chi connectivity index (χ0v) is 14.1. The van der Waals surface area contributed by atoms with Crippen molar-refractivity contribution < 1.29 is 4.79 Å². The smallest absolute Gasteiger partial charge is 0.270 e. The van der Waals surface area contributed by atoms with E-state index in [1.807, 2.05) is 24.3 Å². The topological polar surface area (TPSA) is 92.9 Å². The lowest BCUT2D eigenvalue weighted by Crippen LogP contribution is -2.35. The van der Waals surface area contributed by atoms with E-state index in [9.17, 15) is 4.79 Å². The van der Waals surface area contributed by atoms with E-state index >= 15 is 0 Å². The zero-order valence-electron chi connectivity index (χ0n) is 14.1. The summed E-state index contributed by atoms with van der Waals surface area (Å²) in [6.07, 6.45) is 5.05. The Labute approximate surface area is 151 Å². The van der Waals surface area contributed by atoms with Gasteiger partial charge in [-0.25, -0.2) is 4.98 Å². The first-order valence-corrected chi connectivity index (χ1v) is 8.49. The molecule has 6 nitrogen and oxygen atoms in total. The van der Waals surface area contributed by atoms with Crippen LogP contribution in [0.3, 0.4) is 0 Å². The fourth-order valence-corrected chi connectivity index (χ4v) is 3.24. The lowest BCUT2D eigenvalue weighted by molar-refractivity contribution is 0.0933. The second-order valence-corrected chi connectivity index (χ2v) is 6.39. The lowest BCUT2D eigenvalue weighted by Gasteiger charge is -2.13. The van der Waals surface area contributed by atoms with Crippen molar-refractivity contribution in [2.75, 3.05) is 11.1 Å². The summed E-state index contributed by atoms with van der Waals surface area (Å²) in [6, 6.07) is 15.3. The van der Waals surface area contributed by atoms with Gasteiger partial charge in [0.15, 0.2) is 0 Å². The minimum Gasteiger partial charge on any atom is -0.399 e. The first-order chi connectivity index (χ1) is 12.7. The molecule has 0 bridgehead atoms. The highest BCUT2D eigenvalue weighted by Crippen LogP contribution is 2.22. The molecule has 0 radical (unpaired) electrons. The van der Waals surface area contributed by atoms with Gasteiger partial charge in [0.1, 0.15) is 11.5 Å². The van der Waals surface area contributed by atoms with Crippen LogP contribution in [0.15, 0.2) is 60.9 Å². The van der Waals surface area contributed by atoms with Crippen LogP contribution in [0, 0.1) is 0 Å². The Morgan fingerprint density at radius 1 is 1.08 bits per heavy atom. The predicted octanol–water partition coefficient (Wildman–Crippen LogP) is 2.70.